The van der Waals surface area contributed by atoms with Crippen molar-refractivity contribution in [2.45, 2.75) is 56.9 Å². The highest BCUT2D eigenvalue weighted by atomic mass is 35.5. The molecule has 15 nitrogen and oxygen atoms in total. The molecule has 1 atom stereocenters. The first-order chi connectivity index (χ1) is 30.1. The highest BCUT2D eigenvalue weighted by molar-refractivity contribution is 6.37. The third kappa shape index (κ3) is 7.27. The summed E-state index contributed by atoms with van der Waals surface area (Å²) >= 11 is 13.0. The summed E-state index contributed by atoms with van der Waals surface area (Å²) in [5.74, 6) is -0.168. The molecule has 316 valence electrons. The molecule has 10 rings (SSSR count). The number of imidazole rings is 1. The van der Waals surface area contributed by atoms with E-state index in [1.165, 1.54) is 16.3 Å². The number of amides is 4. The smallest absolute Gasteiger partial charge is 0.270 e. The lowest BCUT2D eigenvalue weighted by Crippen LogP contribution is -2.54. The highest BCUT2D eigenvalue weighted by Gasteiger charge is 2.45. The first-order valence-electron chi connectivity index (χ1n) is 21.0. The number of para-hydroxylation sites is 1. The first-order valence-corrected chi connectivity index (χ1v) is 21.8. The summed E-state index contributed by atoms with van der Waals surface area (Å²) in [6, 6.07) is 17.9. The fourth-order valence-corrected chi connectivity index (χ4v) is 10.0. The third-order valence-electron chi connectivity index (χ3n) is 12.9. The Hall–Kier alpha value is -6.16. The van der Waals surface area contributed by atoms with Crippen LogP contribution in [0.4, 0.5) is 17.3 Å². The summed E-state index contributed by atoms with van der Waals surface area (Å²) in [5.41, 5.74) is 4.05. The second-order valence-electron chi connectivity index (χ2n) is 16.5. The van der Waals surface area contributed by atoms with Crippen LogP contribution in [-0.2, 0) is 9.59 Å². The van der Waals surface area contributed by atoms with E-state index >= 15 is 0 Å². The van der Waals surface area contributed by atoms with Gasteiger partial charge in [0.15, 0.2) is 5.65 Å². The van der Waals surface area contributed by atoms with E-state index in [-0.39, 0.29) is 24.3 Å². The Bertz CT molecular complexity index is 2830. The number of nitrogens with zero attached hydrogens (tertiary/aromatic N) is 8. The van der Waals surface area contributed by atoms with Gasteiger partial charge in [-0.25, -0.2) is 14.5 Å². The number of carbonyl (C=O) groups excluding carboxylic acids is 4. The number of anilines is 3. The molecular weight excluding hydrogens is 831 g/mol. The SMILES string of the molecule is O=C1CCC(N2C(=O)c3ccc(N4CCC(CCN5CCC(c6ccc(Nc7ncc8c(=O)n(-c9c(Cl)cccc9Cl)c9nccn9c8n7)cc6)CC5)CC4)cc3C2=O)C(=O)N1. The highest BCUT2D eigenvalue weighted by Crippen LogP contribution is 2.35. The van der Waals surface area contributed by atoms with Crippen molar-refractivity contribution in [2.75, 3.05) is 42.9 Å². The van der Waals surface area contributed by atoms with Crippen LogP contribution in [0.1, 0.15) is 77.1 Å². The van der Waals surface area contributed by atoms with E-state index in [4.69, 9.17) is 28.2 Å². The van der Waals surface area contributed by atoms with E-state index in [2.05, 4.69) is 42.5 Å². The average molecular weight is 874 g/mol. The van der Waals surface area contributed by atoms with Gasteiger partial charge in [-0.3, -0.25) is 38.6 Å². The second-order valence-corrected chi connectivity index (χ2v) is 17.3. The average Bonchev–Trinajstić information content (AvgIpc) is 3.87. The summed E-state index contributed by atoms with van der Waals surface area (Å²) in [5, 5.41) is 6.48. The molecule has 0 saturated carbocycles. The minimum atomic E-state index is -0.968. The number of likely N-dealkylation sites (tertiary alicyclic amines) is 1. The summed E-state index contributed by atoms with van der Waals surface area (Å²) in [4.78, 5) is 83.8. The molecule has 0 radical (unpaired) electrons. The van der Waals surface area contributed by atoms with E-state index in [1.54, 1.807) is 47.1 Å². The lowest BCUT2D eigenvalue weighted by atomic mass is 9.88. The van der Waals surface area contributed by atoms with Crippen molar-refractivity contribution in [1.82, 2.24) is 39.0 Å². The van der Waals surface area contributed by atoms with Gasteiger partial charge in [0, 0.05) is 49.5 Å². The van der Waals surface area contributed by atoms with Crippen molar-refractivity contribution >= 4 is 81.0 Å². The Morgan fingerprint density at radius 1 is 0.806 bits per heavy atom. The van der Waals surface area contributed by atoms with Crippen LogP contribution in [0.5, 0.6) is 0 Å². The van der Waals surface area contributed by atoms with Crippen LogP contribution in [0, 0.1) is 5.92 Å². The Morgan fingerprint density at radius 3 is 2.29 bits per heavy atom. The van der Waals surface area contributed by atoms with E-state index < -0.39 is 23.8 Å². The van der Waals surface area contributed by atoms with Crippen molar-refractivity contribution in [3.05, 3.63) is 116 Å². The Kier molecular flexibility index (Phi) is 10.5. The van der Waals surface area contributed by atoms with E-state index in [0.29, 0.717) is 61.5 Å². The van der Waals surface area contributed by atoms with Crippen LogP contribution in [0.3, 0.4) is 0 Å². The largest absolute Gasteiger partial charge is 0.371 e. The van der Waals surface area contributed by atoms with Gasteiger partial charge in [-0.1, -0.05) is 41.4 Å². The Morgan fingerprint density at radius 2 is 1.55 bits per heavy atom. The van der Waals surface area contributed by atoms with E-state index in [0.717, 1.165) is 81.1 Å². The summed E-state index contributed by atoms with van der Waals surface area (Å²) < 4.78 is 3.10. The van der Waals surface area contributed by atoms with Gasteiger partial charge in [-0.2, -0.15) is 4.98 Å². The van der Waals surface area contributed by atoms with Crippen LogP contribution in [-0.4, -0.2) is 96.1 Å². The zero-order valence-electron chi connectivity index (χ0n) is 33.6. The molecule has 1 unspecified atom stereocenters. The number of nitrogens with one attached hydrogen (secondary N) is 2. The number of piperidine rings is 3. The number of carbonyl (C=O) groups is 4. The van der Waals surface area contributed by atoms with Crippen molar-refractivity contribution in [1.29, 1.82) is 0 Å². The maximum Gasteiger partial charge on any atom is 0.270 e. The zero-order valence-corrected chi connectivity index (χ0v) is 35.1. The standard InChI is InChI=1S/C45H42Cl2N10O5/c46-34-2-1-3-35(47)38(34)57-43(62)33-25-49-44(52-39(33)55-23-17-48-45(55)57)50-29-6-4-27(5-7-29)28-15-19-53(20-16-28)18-12-26-13-21-54(22-14-26)30-8-9-31-32(24-30)42(61)56(41(31)60)36-10-11-37(58)51-40(36)59/h1-9,17,23-26,28,36H,10-16,18-22H2,(H,49,50,52)(H,51,58,59). The normalized spacial score (nSPS) is 19.2. The van der Waals surface area contributed by atoms with Gasteiger partial charge < -0.3 is 15.1 Å². The molecule has 3 aromatic heterocycles. The number of hydrogen-bond acceptors (Lipinski definition) is 11. The second kappa shape index (κ2) is 16.3. The van der Waals surface area contributed by atoms with E-state index in [1.807, 2.05) is 18.2 Å². The molecule has 3 saturated heterocycles. The number of hydrogen-bond donors (Lipinski definition) is 2. The van der Waals surface area contributed by atoms with Gasteiger partial charge in [-0.05, 0) is 118 Å². The molecule has 0 aliphatic carbocycles. The van der Waals surface area contributed by atoms with Crippen molar-refractivity contribution in [3.8, 4) is 5.69 Å². The van der Waals surface area contributed by atoms with Crippen LogP contribution >= 0.6 is 23.2 Å². The molecule has 4 amide bonds. The molecule has 4 aliphatic heterocycles. The van der Waals surface area contributed by atoms with Gasteiger partial charge in [0.2, 0.25) is 23.5 Å². The lowest BCUT2D eigenvalue weighted by Gasteiger charge is -2.36. The fourth-order valence-electron chi connectivity index (χ4n) is 9.47. The predicted octanol–water partition coefficient (Wildman–Crippen LogP) is 6.37. The maximum atomic E-state index is 13.7. The summed E-state index contributed by atoms with van der Waals surface area (Å²) in [6.45, 7) is 4.93. The summed E-state index contributed by atoms with van der Waals surface area (Å²) in [7, 11) is 0. The minimum absolute atomic E-state index is 0.0952. The van der Waals surface area contributed by atoms with Crippen LogP contribution in [0.15, 0.2) is 84.0 Å². The topological polar surface area (TPSA) is 167 Å². The predicted molar refractivity (Wildman–Crippen MR) is 235 cm³/mol. The molecule has 17 heteroatoms. The molecular formula is C45H42Cl2N10O5. The molecule has 3 fully saturated rings. The van der Waals surface area contributed by atoms with Crippen molar-refractivity contribution in [2.24, 2.45) is 5.92 Å². The number of imide groups is 2. The molecule has 2 N–H and O–H groups in total. The van der Waals surface area contributed by atoms with Gasteiger partial charge in [0.25, 0.3) is 17.4 Å². The van der Waals surface area contributed by atoms with Crippen molar-refractivity contribution < 1.29 is 19.2 Å². The van der Waals surface area contributed by atoms with Gasteiger partial charge >= 0.3 is 0 Å². The lowest BCUT2D eigenvalue weighted by molar-refractivity contribution is -0.136. The number of rotatable bonds is 9. The molecule has 7 heterocycles. The van der Waals surface area contributed by atoms with Crippen LogP contribution < -0.4 is 21.1 Å². The van der Waals surface area contributed by atoms with Crippen LogP contribution in [0.2, 0.25) is 10.0 Å². The number of halogens is 2. The first kappa shape index (κ1) is 39.9. The molecule has 4 aliphatic rings. The number of fused-ring (bicyclic) bond motifs is 4. The quantitative estimate of drug-likeness (QED) is 0.155. The maximum absolute atomic E-state index is 13.7. The zero-order chi connectivity index (χ0) is 42.6. The fraction of sp³-hybridized carbons (Fsp3) is 0.333. The molecule has 62 heavy (non-hydrogen) atoms. The van der Waals surface area contributed by atoms with Crippen LogP contribution in [0.25, 0.3) is 22.5 Å². The minimum Gasteiger partial charge on any atom is -0.371 e. The van der Waals surface area contributed by atoms with Gasteiger partial charge in [0.1, 0.15) is 11.4 Å². The summed E-state index contributed by atoms with van der Waals surface area (Å²) in [6.07, 6.45) is 10.5. The Labute approximate surface area is 365 Å². The molecule has 0 spiro atoms. The molecule has 0 bridgehead atoms. The number of benzene rings is 3. The van der Waals surface area contributed by atoms with Gasteiger partial charge in [-0.15, -0.1) is 0 Å². The van der Waals surface area contributed by atoms with E-state index in [9.17, 15) is 24.0 Å². The number of aromatic nitrogens is 5. The Balaban J connectivity index is 0.707. The van der Waals surface area contributed by atoms with Crippen molar-refractivity contribution in [3.63, 3.8) is 0 Å². The van der Waals surface area contributed by atoms with Gasteiger partial charge in [0.05, 0.1) is 26.9 Å². The molecule has 6 aromatic rings. The molecule has 3 aromatic carbocycles. The third-order valence-corrected chi connectivity index (χ3v) is 13.5. The monoisotopic (exact) mass is 872 g/mol.